The number of nitrogens with zero attached hydrogens (tertiary/aromatic N) is 3. The average Bonchev–Trinajstić information content (AvgIpc) is 2.85. The lowest BCUT2D eigenvalue weighted by atomic mass is 9.94. The number of hydrogen-bond donors (Lipinski definition) is 1. The molecule has 0 saturated carbocycles. The lowest BCUT2D eigenvalue weighted by Crippen LogP contribution is -2.32. The Morgan fingerprint density at radius 3 is 3.05 bits per heavy atom. The van der Waals surface area contributed by atoms with E-state index in [4.69, 9.17) is 0 Å². The van der Waals surface area contributed by atoms with Crippen molar-refractivity contribution in [2.24, 2.45) is 5.92 Å². The van der Waals surface area contributed by atoms with Crippen LogP contribution in [0.25, 0.3) is 0 Å². The van der Waals surface area contributed by atoms with Gasteiger partial charge in [0.25, 0.3) is 0 Å². The van der Waals surface area contributed by atoms with E-state index in [0.717, 1.165) is 25.3 Å². The summed E-state index contributed by atoms with van der Waals surface area (Å²) in [5.41, 5.74) is 2.76. The minimum Gasteiger partial charge on any atom is -0.316 e. The van der Waals surface area contributed by atoms with Gasteiger partial charge < -0.3 is 9.88 Å². The molecule has 1 unspecified atom stereocenters. The third-order valence-electron chi connectivity index (χ3n) is 3.57. The summed E-state index contributed by atoms with van der Waals surface area (Å²) in [4.78, 5) is 0. The van der Waals surface area contributed by atoms with Gasteiger partial charge in [0, 0.05) is 13.1 Å². The Balaban J connectivity index is 1.98. The van der Waals surface area contributed by atoms with E-state index >= 15 is 0 Å². The maximum Gasteiger partial charge on any atom is 0.154 e. The summed E-state index contributed by atoms with van der Waals surface area (Å²) >= 11 is 0. The van der Waals surface area contributed by atoms with Gasteiger partial charge in [0.05, 0.1) is 6.04 Å². The molecule has 0 fully saturated rings. The molecule has 4 nitrogen and oxygen atoms in total. The molecular weight excluding hydrogens is 236 g/mol. The van der Waals surface area contributed by atoms with E-state index in [1.54, 1.807) is 0 Å². The van der Waals surface area contributed by atoms with Crippen molar-refractivity contribution < 1.29 is 0 Å². The Labute approximate surface area is 113 Å². The van der Waals surface area contributed by atoms with E-state index in [1.807, 2.05) is 6.33 Å². The largest absolute Gasteiger partial charge is 0.316 e. The van der Waals surface area contributed by atoms with Gasteiger partial charge in [0.1, 0.15) is 6.33 Å². The summed E-state index contributed by atoms with van der Waals surface area (Å²) in [5, 5.41) is 12.0. The van der Waals surface area contributed by atoms with Gasteiger partial charge in [-0.15, -0.1) is 10.2 Å². The smallest absolute Gasteiger partial charge is 0.154 e. The molecule has 4 heteroatoms. The number of fused-ring (bicyclic) bond motifs is 1. The molecule has 1 aliphatic rings. The topological polar surface area (TPSA) is 42.7 Å². The maximum atomic E-state index is 4.34. The first kappa shape index (κ1) is 12.4. The fraction of sp³-hybridized carbons (Fsp3) is 0.467. The molecule has 1 atom stereocenters. The van der Waals surface area contributed by atoms with Gasteiger partial charge >= 0.3 is 0 Å². The fourth-order valence-electron chi connectivity index (χ4n) is 2.76. The number of aromatic nitrogens is 3. The van der Waals surface area contributed by atoms with Crippen LogP contribution in [0.15, 0.2) is 30.6 Å². The van der Waals surface area contributed by atoms with Gasteiger partial charge in [0.15, 0.2) is 5.82 Å². The van der Waals surface area contributed by atoms with Crippen LogP contribution in [-0.2, 0) is 13.0 Å². The van der Waals surface area contributed by atoms with Crippen molar-refractivity contribution in [2.45, 2.75) is 32.9 Å². The van der Waals surface area contributed by atoms with Crippen LogP contribution in [0.4, 0.5) is 0 Å². The van der Waals surface area contributed by atoms with E-state index in [0.29, 0.717) is 5.92 Å². The second-order valence-corrected chi connectivity index (χ2v) is 5.57. The third-order valence-corrected chi connectivity index (χ3v) is 3.57. The zero-order chi connectivity index (χ0) is 13.2. The molecule has 3 rings (SSSR count). The lowest BCUT2D eigenvalue weighted by molar-refractivity contribution is 0.467. The standard InChI is InChI=1S/C15H20N4/c1-11(2)9-19-10-17-18-15(19)14-13-6-4-3-5-12(13)7-8-16-14/h3-6,10-11,14,16H,7-9H2,1-2H3. The predicted molar refractivity (Wildman–Crippen MR) is 74.9 cm³/mol. The van der Waals surface area contributed by atoms with Crippen molar-refractivity contribution in [3.05, 3.63) is 47.5 Å². The second-order valence-electron chi connectivity index (χ2n) is 5.57. The van der Waals surface area contributed by atoms with Crippen molar-refractivity contribution in [3.8, 4) is 0 Å². The highest BCUT2D eigenvalue weighted by Crippen LogP contribution is 2.27. The van der Waals surface area contributed by atoms with Gasteiger partial charge in [0.2, 0.25) is 0 Å². The van der Waals surface area contributed by atoms with Crippen LogP contribution in [0.5, 0.6) is 0 Å². The molecule has 1 N–H and O–H groups in total. The second kappa shape index (κ2) is 5.13. The zero-order valence-electron chi connectivity index (χ0n) is 11.5. The normalized spacial score (nSPS) is 18.6. The first-order chi connectivity index (χ1) is 9.25. The summed E-state index contributed by atoms with van der Waals surface area (Å²) in [7, 11) is 0. The van der Waals surface area contributed by atoms with Crippen molar-refractivity contribution in [1.82, 2.24) is 20.1 Å². The predicted octanol–water partition coefficient (Wildman–Crippen LogP) is 2.17. The molecule has 0 bridgehead atoms. The van der Waals surface area contributed by atoms with E-state index in [9.17, 15) is 0 Å². The van der Waals surface area contributed by atoms with Crippen LogP contribution >= 0.6 is 0 Å². The quantitative estimate of drug-likeness (QED) is 0.915. The van der Waals surface area contributed by atoms with Crippen LogP contribution in [-0.4, -0.2) is 21.3 Å². The Morgan fingerprint density at radius 2 is 2.21 bits per heavy atom. The Hall–Kier alpha value is -1.68. The molecule has 100 valence electrons. The van der Waals surface area contributed by atoms with E-state index in [2.05, 4.69) is 58.2 Å². The highest BCUT2D eigenvalue weighted by atomic mass is 15.3. The van der Waals surface area contributed by atoms with Crippen LogP contribution in [0.3, 0.4) is 0 Å². The summed E-state index contributed by atoms with van der Waals surface area (Å²) in [5.74, 6) is 1.62. The molecule has 0 saturated heterocycles. The van der Waals surface area contributed by atoms with Gasteiger partial charge in [-0.25, -0.2) is 0 Å². The minimum atomic E-state index is 0.172. The Bertz CT molecular complexity index is 559. The monoisotopic (exact) mass is 256 g/mol. The van der Waals surface area contributed by atoms with Crippen LogP contribution in [0.1, 0.15) is 36.8 Å². The minimum absolute atomic E-state index is 0.172. The van der Waals surface area contributed by atoms with Gasteiger partial charge in [-0.05, 0) is 23.5 Å². The van der Waals surface area contributed by atoms with Crippen LogP contribution in [0, 0.1) is 5.92 Å². The summed E-state index contributed by atoms with van der Waals surface area (Å²) in [6.45, 7) is 6.39. The van der Waals surface area contributed by atoms with E-state index in [-0.39, 0.29) is 6.04 Å². The number of rotatable bonds is 3. The van der Waals surface area contributed by atoms with Crippen LogP contribution in [0.2, 0.25) is 0 Å². The van der Waals surface area contributed by atoms with Crippen molar-refractivity contribution in [3.63, 3.8) is 0 Å². The molecule has 19 heavy (non-hydrogen) atoms. The molecule has 1 aromatic carbocycles. The highest BCUT2D eigenvalue weighted by molar-refractivity contribution is 5.35. The number of benzene rings is 1. The van der Waals surface area contributed by atoms with Gasteiger partial charge in [-0.1, -0.05) is 38.1 Å². The highest BCUT2D eigenvalue weighted by Gasteiger charge is 2.25. The summed E-state index contributed by atoms with van der Waals surface area (Å²) in [6, 6.07) is 8.79. The Kier molecular flexibility index (Phi) is 3.34. The first-order valence-electron chi connectivity index (χ1n) is 6.94. The molecule has 0 spiro atoms. The lowest BCUT2D eigenvalue weighted by Gasteiger charge is -2.26. The first-order valence-corrected chi connectivity index (χ1v) is 6.94. The van der Waals surface area contributed by atoms with Crippen LogP contribution < -0.4 is 5.32 Å². The summed E-state index contributed by atoms with van der Waals surface area (Å²) < 4.78 is 2.17. The molecule has 2 heterocycles. The third kappa shape index (κ3) is 2.40. The summed E-state index contributed by atoms with van der Waals surface area (Å²) in [6.07, 6.45) is 2.93. The van der Waals surface area contributed by atoms with E-state index in [1.165, 1.54) is 11.1 Å². The van der Waals surface area contributed by atoms with Crippen molar-refractivity contribution in [2.75, 3.05) is 6.54 Å². The Morgan fingerprint density at radius 1 is 1.37 bits per heavy atom. The molecule has 1 aromatic heterocycles. The van der Waals surface area contributed by atoms with E-state index < -0.39 is 0 Å². The molecule has 2 aromatic rings. The number of nitrogens with one attached hydrogen (secondary N) is 1. The molecule has 0 aliphatic carbocycles. The van der Waals surface area contributed by atoms with Gasteiger partial charge in [-0.2, -0.15) is 0 Å². The number of hydrogen-bond acceptors (Lipinski definition) is 3. The molecule has 1 aliphatic heterocycles. The zero-order valence-corrected chi connectivity index (χ0v) is 11.5. The molecular formula is C15H20N4. The fourth-order valence-corrected chi connectivity index (χ4v) is 2.76. The maximum absolute atomic E-state index is 4.34. The van der Waals surface area contributed by atoms with Crippen molar-refractivity contribution in [1.29, 1.82) is 0 Å². The molecule has 0 radical (unpaired) electrons. The van der Waals surface area contributed by atoms with Gasteiger partial charge in [-0.3, -0.25) is 0 Å². The molecule has 0 amide bonds. The van der Waals surface area contributed by atoms with Crippen molar-refractivity contribution >= 4 is 0 Å². The SMILES string of the molecule is CC(C)Cn1cnnc1C1NCCc2ccccc21. The average molecular weight is 256 g/mol.